The average Bonchev–Trinajstić information content (AvgIpc) is 2.62. The summed E-state index contributed by atoms with van der Waals surface area (Å²) in [4.78, 5) is 59.7. The number of hydrogen-bond donors (Lipinski definition) is 19. The average molecular weight is 1320 g/mol. The van der Waals surface area contributed by atoms with Crippen molar-refractivity contribution in [3.63, 3.8) is 0 Å². The maximum Gasteiger partial charge on any atom is 0.246 e. The minimum Gasteiger partial charge on any atom is -0.790 e. The molecule has 6 aliphatic heterocycles. The monoisotopic (exact) mass is 1320 g/mol. The van der Waals surface area contributed by atoms with Crippen molar-refractivity contribution in [3.05, 3.63) is 0 Å². The van der Waals surface area contributed by atoms with Crippen LogP contribution >= 0.6 is 16.5 Å². The lowest BCUT2D eigenvalue weighted by atomic mass is 9.94. The predicted molar refractivity (Wildman–Crippen MR) is 256 cm³/mol. The molecule has 0 spiro atoms. The molecule has 0 aromatic carbocycles. The fourth-order valence-corrected chi connectivity index (χ4v) is 9.52. The number of aliphatic hydroxyl groups is 17. The molecule has 44 heteroatoms. The summed E-state index contributed by atoms with van der Waals surface area (Å²) in [5.41, 5.74) is 0. The van der Waals surface area contributed by atoms with Gasteiger partial charge in [0, 0.05) is 7.11 Å². The molecule has 30 atom stereocenters. The molecule has 6 aliphatic rings. The Hall–Kier alpha value is -2.01. The first-order chi connectivity index (χ1) is 40.9. The van der Waals surface area contributed by atoms with E-state index in [-0.39, 0.29) is 31.4 Å². The number of carbonyl (C=O) groups excluding carboxylic acids is 2. The second kappa shape index (κ2) is 36.4. The van der Waals surface area contributed by atoms with Crippen LogP contribution in [0, 0.1) is 0 Å². The smallest absolute Gasteiger partial charge is 0.246 e. The number of nitrogens with two attached hydrogens (primary N) is 1. The molecule has 20 N–H and O–H groups in total. The molecule has 0 radical (unpaired) electrons. The molecule has 0 aromatic rings. The highest BCUT2D eigenvalue weighted by Gasteiger charge is 2.56. The van der Waals surface area contributed by atoms with Crippen LogP contribution in [0.15, 0.2) is 0 Å². The molecular weight excluding hydrogens is 1250 g/mol. The van der Waals surface area contributed by atoms with E-state index in [4.69, 9.17) is 61.6 Å². The van der Waals surface area contributed by atoms with E-state index in [2.05, 4.69) is 30.2 Å². The Labute approximate surface area is 492 Å². The highest BCUT2D eigenvalue weighted by atomic mass is 31.2. The van der Waals surface area contributed by atoms with Gasteiger partial charge in [-0.1, -0.05) is 0 Å². The maximum atomic E-state index is 11.5. The van der Waals surface area contributed by atoms with Crippen molar-refractivity contribution < 1.29 is 197 Å². The first-order valence-electron chi connectivity index (χ1n) is 26.0. The van der Waals surface area contributed by atoms with Gasteiger partial charge in [-0.2, -0.15) is 0 Å². The lowest BCUT2D eigenvalue weighted by molar-refractivity contribution is -0.692. The molecule has 0 aliphatic carbocycles. The number of phosphoric acid groups is 1. The fourth-order valence-electron chi connectivity index (χ4n) is 9.19. The summed E-state index contributed by atoms with van der Waals surface area (Å²) in [5, 5.41) is 194. The number of aliphatic hydroxyl groups excluding tert-OH is 17. The molecule has 12 unspecified atom stereocenters. The Morgan fingerprint density at radius 1 is 0.517 bits per heavy atom. The summed E-state index contributed by atoms with van der Waals surface area (Å²) < 4.78 is 89.7. The molecule has 42 nitrogen and oxygen atoms in total. The van der Waals surface area contributed by atoms with Crippen LogP contribution in [0.5, 0.6) is 0 Å². The van der Waals surface area contributed by atoms with Gasteiger partial charge in [0.15, 0.2) is 37.2 Å². The molecular formula is C43H74N2O40P2-4. The summed E-state index contributed by atoms with van der Waals surface area (Å²) in [6.07, 6.45) is -57.0. The van der Waals surface area contributed by atoms with Gasteiger partial charge in [-0.05, 0) is 6.92 Å². The standard InChI is InChI=1S/C37H65O34P.C6H12N2O4.HO2P/c1-8-15(40)30(69-37-32(26(51)17(42)10(3-39)65-37)71-35-29(54)24(49)20(45)14(68-35)7-62-72(56,57)58)21(46)12(63-8)5-59-33-27(52)22(47)18(43)11(66-33)4-60-36-31(25(50)16(41)9(2-38)64-36)70-34-28(53)23(48)19(44)13(67-34)6-61-55;1-11-4-6(10)8-2-5(9)3-12-7;1-3-2/h8-55H,2-7H2,1H3,(H2,56,57,58);2-4,7H2,1H3,(H,8,10);(H,1,2)/p-4/t8-,9?,10?,11?,12?,13?,14?,15?,16+,17+,18+,19+,20+,21+,22-,23-,24-,25-,26-,27?,28?,29?,30+,31?,32?,33-,34-,35+,36-,37+;;/m0../s1. The van der Waals surface area contributed by atoms with Gasteiger partial charge in [0.1, 0.15) is 160 Å². The Morgan fingerprint density at radius 2 is 0.908 bits per heavy atom. The van der Waals surface area contributed by atoms with Crippen LogP contribution in [0.3, 0.4) is 0 Å². The zero-order valence-electron chi connectivity index (χ0n) is 45.6. The van der Waals surface area contributed by atoms with Crippen molar-refractivity contribution >= 4 is 28.2 Å². The van der Waals surface area contributed by atoms with E-state index in [1.165, 1.54) is 14.0 Å². The lowest BCUT2D eigenvalue weighted by Crippen LogP contribution is -2.67. The van der Waals surface area contributed by atoms with Crippen molar-refractivity contribution in [1.29, 1.82) is 0 Å². The van der Waals surface area contributed by atoms with Gasteiger partial charge in [-0.3, -0.25) is 19.0 Å². The number of nitrogens with one attached hydrogen (secondary N) is 1. The first-order valence-corrected chi connectivity index (χ1v) is 28.1. The first kappa shape index (κ1) is 77.4. The third-order valence-electron chi connectivity index (χ3n) is 13.9. The van der Waals surface area contributed by atoms with Crippen LogP contribution in [0.25, 0.3) is 0 Å². The zero-order valence-corrected chi connectivity index (χ0v) is 47.4. The molecule has 6 heterocycles. The third kappa shape index (κ3) is 21.0. The van der Waals surface area contributed by atoms with Crippen molar-refractivity contribution in [2.24, 2.45) is 5.90 Å². The Balaban J connectivity index is 0.000000955. The minimum absolute atomic E-state index is 0.0588. The number of methoxy groups -OCH3 is 1. The molecule has 87 heavy (non-hydrogen) atoms. The molecule has 0 saturated carbocycles. The summed E-state index contributed by atoms with van der Waals surface area (Å²) in [6.45, 7) is -4.61. The summed E-state index contributed by atoms with van der Waals surface area (Å²) in [5.74, 6) is 4.00. The third-order valence-corrected chi connectivity index (χ3v) is 14.4. The van der Waals surface area contributed by atoms with Crippen LogP contribution in [-0.4, -0.2) is 349 Å². The fraction of sp³-hybridized carbons (Fsp3) is 0.953. The van der Waals surface area contributed by atoms with Crippen LogP contribution in [0.4, 0.5) is 0 Å². The normalized spacial score (nSPS) is 43.5. The Morgan fingerprint density at radius 3 is 1.37 bits per heavy atom. The quantitative estimate of drug-likeness (QED) is 0.0229. The lowest BCUT2D eigenvalue weighted by Gasteiger charge is -2.48. The van der Waals surface area contributed by atoms with Gasteiger partial charge < -0.3 is 183 Å². The number of phosphoric ester groups is 1. The number of hydrogen-bond acceptors (Lipinski definition) is 41. The van der Waals surface area contributed by atoms with Crippen LogP contribution in [0.1, 0.15) is 6.92 Å². The van der Waals surface area contributed by atoms with Crippen molar-refractivity contribution in [2.45, 2.75) is 191 Å². The van der Waals surface area contributed by atoms with Gasteiger partial charge in [0.2, 0.25) is 5.91 Å². The number of carbonyl (C=O) groups is 2. The Kier molecular flexibility index (Phi) is 32.4. The molecule has 6 fully saturated rings. The molecule has 6 saturated heterocycles. The van der Waals surface area contributed by atoms with E-state index in [9.17, 15) is 116 Å². The van der Waals surface area contributed by atoms with Crippen molar-refractivity contribution in [1.82, 2.24) is 5.32 Å². The van der Waals surface area contributed by atoms with E-state index >= 15 is 0 Å². The van der Waals surface area contributed by atoms with E-state index in [0.29, 0.717) is 0 Å². The zero-order chi connectivity index (χ0) is 65.4. The highest BCUT2D eigenvalue weighted by Crippen LogP contribution is 2.36. The van der Waals surface area contributed by atoms with E-state index in [0.717, 1.165) is 0 Å². The number of Topliss-reactive ketones (excluding diaryl/α,β-unsaturated/α-hetero) is 1. The van der Waals surface area contributed by atoms with Gasteiger partial charge in [-0.15, -0.1) is 0 Å². The second-order valence-electron chi connectivity index (χ2n) is 19.9. The van der Waals surface area contributed by atoms with Gasteiger partial charge >= 0.3 is 0 Å². The van der Waals surface area contributed by atoms with E-state index in [1.54, 1.807) is 0 Å². The minimum atomic E-state index is -5.66. The number of rotatable bonds is 25. The van der Waals surface area contributed by atoms with Crippen LogP contribution in [0.2, 0.25) is 0 Å². The molecule has 0 aromatic heterocycles. The maximum absolute atomic E-state index is 11.5. The predicted octanol–water partition coefficient (Wildman–Crippen LogP) is -17.1. The van der Waals surface area contributed by atoms with Gasteiger partial charge in [-0.25, -0.2) is 5.90 Å². The van der Waals surface area contributed by atoms with E-state index in [1.807, 2.05) is 0 Å². The molecule has 510 valence electrons. The molecule has 0 bridgehead atoms. The number of amides is 1. The number of ether oxygens (including phenoxy) is 12. The highest BCUT2D eigenvalue weighted by molar-refractivity contribution is 7.43. The van der Waals surface area contributed by atoms with E-state index < -0.39 is 240 Å². The van der Waals surface area contributed by atoms with Gasteiger partial charge in [0.05, 0.1) is 68.8 Å². The summed E-state index contributed by atoms with van der Waals surface area (Å²) in [7, 11) is -5.35. The van der Waals surface area contributed by atoms with Crippen LogP contribution < -0.4 is 31.2 Å². The largest absolute Gasteiger partial charge is 0.790 e. The Bertz CT molecular complexity index is 2070. The number of ketones is 1. The summed E-state index contributed by atoms with van der Waals surface area (Å²) >= 11 is 0. The summed E-state index contributed by atoms with van der Waals surface area (Å²) in [6, 6.07) is 0. The topological polar surface area (TPSA) is 681 Å². The second-order valence-corrected chi connectivity index (χ2v) is 21.3. The SMILES string of the molecule is COCC(=O)NCC(=O)CON.C[C@@H]1OC(CO[C@H]2OC(CO[C@H]3OC(CO)[C@@H](O)[C@H](O)C3O[C@@H]3OC(CO[O-])[C@@H](O)[C@H](O)C3O)[C@@H](O)[C@H](O)C2O)[C@@H](O)[C@H](O[C@H]2OC(CO)[C@@H](O)[C@H](O)C2O[C@H]2OC(COP(=O)([O-])[O-])[C@@H](O)[C@H](O)C2O)C1O.O=P[O-]. The van der Waals surface area contributed by atoms with Crippen LogP contribution in [-0.2, 0) is 89.8 Å². The molecule has 1 amide bonds. The van der Waals surface area contributed by atoms with Gasteiger partial charge in [0.25, 0.3) is 0 Å². The molecule has 6 rings (SSSR count). The van der Waals surface area contributed by atoms with Crippen molar-refractivity contribution in [3.8, 4) is 0 Å². The van der Waals surface area contributed by atoms with Crippen molar-refractivity contribution in [2.75, 3.05) is 66.5 Å².